The average Bonchev–Trinajstić information content (AvgIpc) is 2.59. The van der Waals surface area contributed by atoms with E-state index in [1.807, 2.05) is 6.07 Å². The fourth-order valence-electron chi connectivity index (χ4n) is 2.20. The predicted molar refractivity (Wildman–Crippen MR) is 58.6 cm³/mol. The molecule has 1 aromatic carbocycles. The van der Waals surface area contributed by atoms with Gasteiger partial charge in [-0.05, 0) is 29.7 Å². The first kappa shape index (κ1) is 8.33. The van der Waals surface area contributed by atoms with Crippen LogP contribution in [0.5, 0.6) is 0 Å². The van der Waals surface area contributed by atoms with Gasteiger partial charge in [-0.1, -0.05) is 11.6 Å². The summed E-state index contributed by atoms with van der Waals surface area (Å²) in [6.07, 6.45) is 2.07. The van der Waals surface area contributed by atoms with Crippen molar-refractivity contribution in [2.24, 2.45) is 0 Å². The predicted octanol–water partition coefficient (Wildman–Crippen LogP) is 2.73. The van der Waals surface area contributed by atoms with Crippen molar-refractivity contribution in [3.8, 4) is 0 Å². The molecule has 2 N–H and O–H groups in total. The van der Waals surface area contributed by atoms with Gasteiger partial charge < -0.3 is 10.3 Å². The van der Waals surface area contributed by atoms with Gasteiger partial charge in [-0.15, -0.1) is 0 Å². The number of benzene rings is 1. The van der Waals surface area contributed by atoms with Crippen molar-refractivity contribution in [1.82, 2.24) is 10.3 Å². The Morgan fingerprint density at radius 2 is 2.21 bits per heavy atom. The van der Waals surface area contributed by atoms with E-state index in [0.29, 0.717) is 0 Å². The van der Waals surface area contributed by atoms with Crippen LogP contribution in [0.3, 0.4) is 0 Å². The maximum Gasteiger partial charge on any atom is 0.0475 e. The minimum atomic E-state index is 0.851. The lowest BCUT2D eigenvalue weighted by Crippen LogP contribution is -2.18. The molecule has 0 fully saturated rings. The minimum Gasteiger partial charge on any atom is -0.361 e. The molecule has 3 rings (SSSR count). The zero-order valence-corrected chi connectivity index (χ0v) is 8.70. The zero-order valence-electron chi connectivity index (χ0n) is 7.95. The van der Waals surface area contributed by atoms with E-state index in [-0.39, 0.29) is 0 Å². The summed E-state index contributed by atoms with van der Waals surface area (Å²) in [7, 11) is 0. The van der Waals surface area contributed by atoms with Crippen LogP contribution in [0, 0.1) is 6.92 Å². The van der Waals surface area contributed by atoms with Gasteiger partial charge in [0.05, 0.1) is 0 Å². The van der Waals surface area contributed by atoms with E-state index < -0.39 is 0 Å². The number of rotatable bonds is 0. The van der Waals surface area contributed by atoms with Crippen molar-refractivity contribution in [2.45, 2.75) is 20.0 Å². The summed E-state index contributed by atoms with van der Waals surface area (Å²) in [4.78, 5) is 3.26. The highest BCUT2D eigenvalue weighted by Crippen LogP contribution is 2.32. The Balaban J connectivity index is 2.50. The number of hydrogen-bond donors (Lipinski definition) is 2. The molecule has 72 valence electrons. The molecule has 0 saturated heterocycles. The Labute approximate surface area is 87.3 Å². The smallest absolute Gasteiger partial charge is 0.0475 e. The molecule has 3 heteroatoms. The third kappa shape index (κ3) is 0.954. The first-order valence-corrected chi connectivity index (χ1v) is 5.14. The molecule has 2 heterocycles. The molecule has 1 aliphatic rings. The molecule has 0 bridgehead atoms. The standard InChI is InChI=1S/C11H11ClN2/c1-6-8-5-13-3-7-4-14-10(11(7)8)2-9(6)12/h2,4,13-14H,3,5H2,1H3. The topological polar surface area (TPSA) is 27.8 Å². The van der Waals surface area contributed by atoms with Crippen LogP contribution in [0.1, 0.15) is 16.7 Å². The van der Waals surface area contributed by atoms with Gasteiger partial charge in [-0.3, -0.25) is 0 Å². The Morgan fingerprint density at radius 1 is 1.36 bits per heavy atom. The summed E-state index contributed by atoms with van der Waals surface area (Å²) >= 11 is 6.16. The molecular formula is C11H11ClN2. The first-order chi connectivity index (χ1) is 6.77. The normalized spacial score (nSPS) is 15.0. The highest BCUT2D eigenvalue weighted by Gasteiger charge is 2.16. The Kier molecular flexibility index (Phi) is 1.64. The lowest BCUT2D eigenvalue weighted by atomic mass is 9.98. The zero-order chi connectivity index (χ0) is 9.71. The van der Waals surface area contributed by atoms with Crippen molar-refractivity contribution in [3.63, 3.8) is 0 Å². The van der Waals surface area contributed by atoms with E-state index in [4.69, 9.17) is 11.6 Å². The van der Waals surface area contributed by atoms with Gasteiger partial charge in [0.2, 0.25) is 0 Å². The molecular weight excluding hydrogens is 196 g/mol. The average molecular weight is 207 g/mol. The van der Waals surface area contributed by atoms with Gasteiger partial charge in [-0.25, -0.2) is 0 Å². The number of nitrogens with one attached hydrogen (secondary N) is 2. The molecule has 0 radical (unpaired) electrons. The van der Waals surface area contributed by atoms with E-state index in [0.717, 1.165) is 23.6 Å². The van der Waals surface area contributed by atoms with Crippen LogP contribution in [-0.4, -0.2) is 4.98 Å². The molecule has 1 aromatic heterocycles. The van der Waals surface area contributed by atoms with Crippen LogP contribution in [0.25, 0.3) is 10.9 Å². The fourth-order valence-corrected chi connectivity index (χ4v) is 2.42. The summed E-state index contributed by atoms with van der Waals surface area (Å²) in [5.74, 6) is 0. The van der Waals surface area contributed by atoms with Crippen molar-refractivity contribution >= 4 is 22.5 Å². The van der Waals surface area contributed by atoms with Crippen molar-refractivity contribution < 1.29 is 0 Å². The summed E-state index contributed by atoms with van der Waals surface area (Å²) < 4.78 is 0. The molecule has 2 nitrogen and oxygen atoms in total. The van der Waals surface area contributed by atoms with Crippen molar-refractivity contribution in [2.75, 3.05) is 0 Å². The lowest BCUT2D eigenvalue weighted by Gasteiger charge is -2.17. The third-order valence-corrected chi connectivity index (χ3v) is 3.39. The van der Waals surface area contributed by atoms with Gasteiger partial charge in [0, 0.05) is 35.2 Å². The number of aromatic amines is 1. The van der Waals surface area contributed by atoms with Gasteiger partial charge in [0.1, 0.15) is 0 Å². The summed E-state index contributed by atoms with van der Waals surface area (Å²) in [6.45, 7) is 3.96. The van der Waals surface area contributed by atoms with Crippen LogP contribution in [-0.2, 0) is 13.1 Å². The molecule has 2 aromatic rings. The van der Waals surface area contributed by atoms with E-state index in [9.17, 15) is 0 Å². The number of aromatic nitrogens is 1. The maximum absolute atomic E-state index is 6.16. The first-order valence-electron chi connectivity index (χ1n) is 4.76. The maximum atomic E-state index is 6.16. The molecule has 0 atom stereocenters. The molecule has 0 spiro atoms. The number of H-pyrrole nitrogens is 1. The summed E-state index contributed by atoms with van der Waals surface area (Å²) in [5.41, 5.74) is 5.05. The summed E-state index contributed by atoms with van der Waals surface area (Å²) in [6, 6.07) is 2.02. The van der Waals surface area contributed by atoms with Gasteiger partial charge in [0.15, 0.2) is 0 Å². The SMILES string of the molecule is Cc1c(Cl)cc2[nH]cc3c2c1CNC3. The Bertz CT molecular complexity index is 513. The monoisotopic (exact) mass is 206 g/mol. The van der Waals surface area contributed by atoms with E-state index in [1.54, 1.807) is 0 Å². The molecule has 0 aliphatic carbocycles. The second-order valence-corrected chi connectivity index (χ2v) is 4.21. The van der Waals surface area contributed by atoms with Crippen LogP contribution in [0.4, 0.5) is 0 Å². The molecule has 0 amide bonds. The van der Waals surface area contributed by atoms with E-state index >= 15 is 0 Å². The highest BCUT2D eigenvalue weighted by atomic mass is 35.5. The Morgan fingerprint density at radius 3 is 3.07 bits per heavy atom. The second kappa shape index (κ2) is 2.75. The number of halogens is 1. The fraction of sp³-hybridized carbons (Fsp3) is 0.273. The van der Waals surface area contributed by atoms with Gasteiger partial charge in [-0.2, -0.15) is 0 Å². The second-order valence-electron chi connectivity index (χ2n) is 3.80. The quantitative estimate of drug-likeness (QED) is 0.682. The van der Waals surface area contributed by atoms with Crippen LogP contribution in [0.2, 0.25) is 5.02 Å². The van der Waals surface area contributed by atoms with E-state index in [1.165, 1.54) is 22.1 Å². The highest BCUT2D eigenvalue weighted by molar-refractivity contribution is 6.32. The molecule has 0 saturated carbocycles. The lowest BCUT2D eigenvalue weighted by molar-refractivity contribution is 0.681. The Hall–Kier alpha value is -0.990. The van der Waals surface area contributed by atoms with Crippen LogP contribution >= 0.6 is 11.6 Å². The molecule has 1 aliphatic heterocycles. The van der Waals surface area contributed by atoms with Crippen LogP contribution in [0.15, 0.2) is 12.3 Å². The van der Waals surface area contributed by atoms with Crippen molar-refractivity contribution in [1.29, 1.82) is 0 Å². The van der Waals surface area contributed by atoms with Gasteiger partial charge >= 0.3 is 0 Å². The third-order valence-electron chi connectivity index (χ3n) is 2.99. The van der Waals surface area contributed by atoms with E-state index in [2.05, 4.69) is 23.4 Å². The summed E-state index contributed by atoms with van der Waals surface area (Å²) in [5, 5.41) is 5.59. The molecule has 14 heavy (non-hydrogen) atoms. The number of hydrogen-bond acceptors (Lipinski definition) is 1. The van der Waals surface area contributed by atoms with Crippen LogP contribution < -0.4 is 5.32 Å². The van der Waals surface area contributed by atoms with Crippen molar-refractivity contribution in [3.05, 3.63) is 34.0 Å². The largest absolute Gasteiger partial charge is 0.361 e. The minimum absolute atomic E-state index is 0.851. The van der Waals surface area contributed by atoms with Gasteiger partial charge in [0.25, 0.3) is 0 Å². The molecule has 0 unspecified atom stereocenters.